The minimum absolute atomic E-state index is 0.0623. The molecular formula is C22H24N2O4. The van der Waals surface area contributed by atoms with Crippen molar-refractivity contribution >= 4 is 11.9 Å². The summed E-state index contributed by atoms with van der Waals surface area (Å²) in [6, 6.07) is 13.1. The van der Waals surface area contributed by atoms with Gasteiger partial charge in [-0.1, -0.05) is 36.4 Å². The second kappa shape index (κ2) is 8.10. The zero-order chi connectivity index (χ0) is 19.5. The maximum atomic E-state index is 13.0. The molecule has 2 aliphatic heterocycles. The van der Waals surface area contributed by atoms with Crippen LogP contribution in [0.15, 0.2) is 48.7 Å². The van der Waals surface area contributed by atoms with E-state index in [1.807, 2.05) is 49.4 Å². The first-order valence-electron chi connectivity index (χ1n) is 9.66. The quantitative estimate of drug-likeness (QED) is 0.761. The zero-order valence-electron chi connectivity index (χ0n) is 15.9. The molecule has 2 saturated heterocycles. The Balaban J connectivity index is 1.44. The molecule has 0 spiro atoms. The first-order valence-corrected chi connectivity index (χ1v) is 9.66. The average Bonchev–Trinajstić information content (AvgIpc) is 2.71. The molecule has 1 amide bonds. The molecule has 0 aliphatic carbocycles. The first-order chi connectivity index (χ1) is 13.6. The molecule has 2 aliphatic rings. The monoisotopic (exact) mass is 380 g/mol. The number of hydrogen-bond acceptors (Lipinski definition) is 5. The molecule has 3 heterocycles. The van der Waals surface area contributed by atoms with E-state index in [-0.39, 0.29) is 36.5 Å². The fourth-order valence-electron chi connectivity index (χ4n) is 4.16. The number of nitrogens with zero attached hydrogens (tertiary/aromatic N) is 2. The molecule has 0 radical (unpaired) electrons. The molecule has 1 aromatic carbocycles. The maximum Gasteiger partial charge on any atom is 0.410 e. The normalized spacial score (nSPS) is 23.9. The van der Waals surface area contributed by atoms with E-state index in [4.69, 9.17) is 9.47 Å². The van der Waals surface area contributed by atoms with Crippen LogP contribution in [0, 0.1) is 12.8 Å². The standard InChI is InChI=1S/C22H24N2O4/c1-15-6-5-9-23-20(15)21(25)17-10-18-13-27-14-19(11-17)24(18)22(26)28-12-16-7-3-2-4-8-16/h2-9,17-19H,10-14H2,1H3. The van der Waals surface area contributed by atoms with E-state index >= 15 is 0 Å². The molecule has 6 heteroatoms. The molecule has 1 aromatic heterocycles. The van der Waals surface area contributed by atoms with Gasteiger partial charge in [-0.05, 0) is 37.0 Å². The molecule has 2 aromatic rings. The number of aromatic nitrogens is 1. The lowest BCUT2D eigenvalue weighted by Gasteiger charge is -2.47. The lowest BCUT2D eigenvalue weighted by Crippen LogP contribution is -2.60. The molecular weight excluding hydrogens is 356 g/mol. The molecule has 146 valence electrons. The number of rotatable bonds is 4. The summed E-state index contributed by atoms with van der Waals surface area (Å²) in [6.07, 6.45) is 2.47. The number of morpholine rings is 1. The van der Waals surface area contributed by atoms with Gasteiger partial charge in [0.15, 0.2) is 5.78 Å². The van der Waals surface area contributed by atoms with Crippen LogP contribution in [0.2, 0.25) is 0 Å². The fourth-order valence-corrected chi connectivity index (χ4v) is 4.16. The Labute approximate surface area is 164 Å². The highest BCUT2D eigenvalue weighted by Crippen LogP contribution is 2.34. The summed E-state index contributed by atoms with van der Waals surface area (Å²) in [6.45, 7) is 3.01. The van der Waals surface area contributed by atoms with Crippen LogP contribution in [0.3, 0.4) is 0 Å². The highest BCUT2D eigenvalue weighted by Gasteiger charge is 2.44. The summed E-state index contributed by atoms with van der Waals surface area (Å²) in [7, 11) is 0. The van der Waals surface area contributed by atoms with Crippen molar-refractivity contribution in [3.8, 4) is 0 Å². The average molecular weight is 380 g/mol. The number of hydrogen-bond donors (Lipinski definition) is 0. The zero-order valence-corrected chi connectivity index (χ0v) is 15.9. The van der Waals surface area contributed by atoms with Crippen LogP contribution >= 0.6 is 0 Å². The Kier molecular flexibility index (Phi) is 5.39. The third-order valence-corrected chi connectivity index (χ3v) is 5.55. The van der Waals surface area contributed by atoms with E-state index in [1.165, 1.54) is 0 Å². The number of carbonyl (C=O) groups excluding carboxylic acids is 2. The van der Waals surface area contributed by atoms with E-state index in [0.29, 0.717) is 31.7 Å². The second-order valence-corrected chi connectivity index (χ2v) is 7.49. The van der Waals surface area contributed by atoms with Gasteiger partial charge < -0.3 is 9.47 Å². The number of Topliss-reactive ketones (excluding diaryl/α,β-unsaturated/α-hetero) is 1. The van der Waals surface area contributed by atoms with Crippen LogP contribution in [-0.4, -0.2) is 47.1 Å². The summed E-state index contributed by atoms with van der Waals surface area (Å²) < 4.78 is 11.2. The molecule has 0 saturated carbocycles. The van der Waals surface area contributed by atoms with Gasteiger partial charge >= 0.3 is 6.09 Å². The third kappa shape index (κ3) is 3.78. The Hall–Kier alpha value is -2.73. The number of benzene rings is 1. The van der Waals surface area contributed by atoms with E-state index < -0.39 is 0 Å². The van der Waals surface area contributed by atoms with Crippen LogP contribution in [0.5, 0.6) is 0 Å². The van der Waals surface area contributed by atoms with Gasteiger partial charge in [-0.3, -0.25) is 14.7 Å². The Morgan fingerprint density at radius 2 is 1.82 bits per heavy atom. The molecule has 6 nitrogen and oxygen atoms in total. The minimum atomic E-state index is -0.331. The number of carbonyl (C=O) groups is 2. The summed E-state index contributed by atoms with van der Waals surface area (Å²) in [4.78, 5) is 31.8. The minimum Gasteiger partial charge on any atom is -0.445 e. The Morgan fingerprint density at radius 1 is 1.11 bits per heavy atom. The van der Waals surface area contributed by atoms with Gasteiger partial charge in [0.2, 0.25) is 0 Å². The van der Waals surface area contributed by atoms with Crippen molar-refractivity contribution < 1.29 is 19.1 Å². The van der Waals surface area contributed by atoms with Crippen molar-refractivity contribution in [2.24, 2.45) is 5.92 Å². The van der Waals surface area contributed by atoms with Crippen molar-refractivity contribution in [2.45, 2.75) is 38.5 Å². The molecule has 2 fully saturated rings. The number of fused-ring (bicyclic) bond motifs is 2. The molecule has 2 atom stereocenters. The van der Waals surface area contributed by atoms with Crippen LogP contribution in [0.4, 0.5) is 4.79 Å². The van der Waals surface area contributed by atoms with Gasteiger partial charge in [0, 0.05) is 12.1 Å². The number of amides is 1. The van der Waals surface area contributed by atoms with Crippen molar-refractivity contribution in [1.29, 1.82) is 0 Å². The molecule has 2 bridgehead atoms. The van der Waals surface area contributed by atoms with Gasteiger partial charge in [-0.25, -0.2) is 4.79 Å². The van der Waals surface area contributed by atoms with Crippen molar-refractivity contribution in [2.75, 3.05) is 13.2 Å². The fraction of sp³-hybridized carbons (Fsp3) is 0.409. The lowest BCUT2D eigenvalue weighted by atomic mass is 9.81. The Bertz CT molecular complexity index is 841. The summed E-state index contributed by atoms with van der Waals surface area (Å²) in [5.41, 5.74) is 2.37. The second-order valence-electron chi connectivity index (χ2n) is 7.49. The van der Waals surface area contributed by atoms with E-state index in [2.05, 4.69) is 4.98 Å². The molecule has 2 unspecified atom stereocenters. The Morgan fingerprint density at radius 3 is 2.50 bits per heavy atom. The molecule has 0 N–H and O–H groups in total. The van der Waals surface area contributed by atoms with E-state index in [0.717, 1.165) is 11.1 Å². The van der Waals surface area contributed by atoms with Gasteiger partial charge in [0.25, 0.3) is 0 Å². The van der Waals surface area contributed by atoms with Crippen LogP contribution < -0.4 is 0 Å². The predicted octanol–water partition coefficient (Wildman–Crippen LogP) is 3.39. The van der Waals surface area contributed by atoms with Crippen molar-refractivity contribution in [3.05, 3.63) is 65.5 Å². The highest BCUT2D eigenvalue weighted by molar-refractivity contribution is 5.97. The largest absolute Gasteiger partial charge is 0.445 e. The summed E-state index contributed by atoms with van der Waals surface area (Å²) in [5.74, 6) is -0.0852. The first kappa shape index (κ1) is 18.6. The number of piperidine rings is 1. The van der Waals surface area contributed by atoms with Crippen molar-refractivity contribution in [3.63, 3.8) is 0 Å². The van der Waals surface area contributed by atoms with Gasteiger partial charge in [0.1, 0.15) is 12.3 Å². The molecule has 28 heavy (non-hydrogen) atoms. The maximum absolute atomic E-state index is 13.0. The van der Waals surface area contributed by atoms with E-state index in [9.17, 15) is 9.59 Å². The highest BCUT2D eigenvalue weighted by atomic mass is 16.6. The number of ketones is 1. The van der Waals surface area contributed by atoms with Gasteiger partial charge in [0.05, 0.1) is 25.3 Å². The smallest absolute Gasteiger partial charge is 0.410 e. The van der Waals surface area contributed by atoms with E-state index in [1.54, 1.807) is 11.1 Å². The third-order valence-electron chi connectivity index (χ3n) is 5.55. The van der Waals surface area contributed by atoms with Crippen LogP contribution in [0.25, 0.3) is 0 Å². The van der Waals surface area contributed by atoms with Crippen LogP contribution in [-0.2, 0) is 16.1 Å². The lowest BCUT2D eigenvalue weighted by molar-refractivity contribution is -0.0756. The van der Waals surface area contributed by atoms with Crippen molar-refractivity contribution in [1.82, 2.24) is 9.88 Å². The molecule has 4 rings (SSSR count). The predicted molar refractivity (Wildman–Crippen MR) is 103 cm³/mol. The number of aryl methyl sites for hydroxylation is 1. The SMILES string of the molecule is Cc1cccnc1C(=O)C1CC2COCC(C1)N2C(=O)OCc1ccccc1. The summed E-state index contributed by atoms with van der Waals surface area (Å²) in [5, 5.41) is 0. The number of pyridine rings is 1. The van der Waals surface area contributed by atoms with Gasteiger partial charge in [-0.2, -0.15) is 0 Å². The van der Waals surface area contributed by atoms with Gasteiger partial charge in [-0.15, -0.1) is 0 Å². The van der Waals surface area contributed by atoms with Crippen LogP contribution in [0.1, 0.15) is 34.5 Å². The topological polar surface area (TPSA) is 68.7 Å². The summed E-state index contributed by atoms with van der Waals surface area (Å²) >= 11 is 0. The number of ether oxygens (including phenoxy) is 2.